The van der Waals surface area contributed by atoms with Crippen LogP contribution in [0.15, 0.2) is 24.3 Å². The molecule has 0 atom stereocenters. The van der Waals surface area contributed by atoms with E-state index in [9.17, 15) is 4.39 Å². The van der Waals surface area contributed by atoms with Crippen LogP contribution in [0.25, 0.3) is 20.4 Å². The first-order chi connectivity index (χ1) is 13.5. The summed E-state index contributed by atoms with van der Waals surface area (Å²) in [7, 11) is 1.92. The molecule has 3 aromatic heterocycles. The Morgan fingerprint density at radius 1 is 1.25 bits per heavy atom. The minimum absolute atomic E-state index is 0.0513. The summed E-state index contributed by atoms with van der Waals surface area (Å²) < 4.78 is 16.7. The number of aryl methyl sites for hydroxylation is 3. The summed E-state index contributed by atoms with van der Waals surface area (Å²) in [5.74, 6) is 0.252. The second-order valence-corrected chi connectivity index (χ2v) is 7.29. The van der Waals surface area contributed by atoms with E-state index in [1.54, 1.807) is 17.4 Å². The Morgan fingerprint density at radius 3 is 2.68 bits per heavy atom. The van der Waals surface area contributed by atoms with Crippen LogP contribution in [0.4, 0.5) is 10.2 Å². The van der Waals surface area contributed by atoms with Gasteiger partial charge in [0.1, 0.15) is 16.7 Å². The van der Waals surface area contributed by atoms with Crippen LogP contribution in [0.2, 0.25) is 0 Å². The van der Waals surface area contributed by atoms with Crippen molar-refractivity contribution in [3.63, 3.8) is 0 Å². The fourth-order valence-corrected chi connectivity index (χ4v) is 4.48. The quantitative estimate of drug-likeness (QED) is 0.501. The lowest BCUT2D eigenvalue weighted by molar-refractivity contribution is 0.622. The van der Waals surface area contributed by atoms with Crippen LogP contribution in [0.5, 0.6) is 0 Å². The monoisotopic (exact) mass is 395 g/mol. The molecule has 3 heterocycles. The van der Waals surface area contributed by atoms with Crippen molar-refractivity contribution in [2.24, 2.45) is 7.05 Å². The molecule has 1 aromatic carbocycles. The molecule has 1 N–H and O–H groups in total. The summed E-state index contributed by atoms with van der Waals surface area (Å²) in [5.41, 5.74) is 4.05. The van der Waals surface area contributed by atoms with Crippen LogP contribution in [-0.4, -0.2) is 14.8 Å². The Morgan fingerprint density at radius 2 is 2.00 bits per heavy atom. The molecular formula is C21H22FN5S. The predicted octanol–water partition coefficient (Wildman–Crippen LogP) is 5.45. The summed E-state index contributed by atoms with van der Waals surface area (Å²) >= 11 is 1.61. The number of nitrogens with zero attached hydrogens (tertiary/aromatic N) is 4. The van der Waals surface area contributed by atoms with Crippen molar-refractivity contribution in [2.45, 2.75) is 34.2 Å². The molecule has 0 unspecified atom stereocenters. The molecule has 0 bridgehead atoms. The van der Waals surface area contributed by atoms with E-state index in [2.05, 4.69) is 28.4 Å². The van der Waals surface area contributed by atoms with Crippen molar-refractivity contribution in [3.05, 3.63) is 52.5 Å². The SMILES string of the molecule is CC.Cc1cc(C)c2c(n1)sc1c(NCc3ccc(C#N)c(F)c3)nn(C)c12. The highest BCUT2D eigenvalue weighted by molar-refractivity contribution is 7.26. The second kappa shape index (κ2) is 7.95. The Balaban J connectivity index is 0.00000109. The Bertz CT molecular complexity index is 1200. The van der Waals surface area contributed by atoms with E-state index in [-0.39, 0.29) is 5.56 Å². The predicted molar refractivity (Wildman–Crippen MR) is 113 cm³/mol. The number of hydrogen-bond donors (Lipinski definition) is 1. The molecule has 28 heavy (non-hydrogen) atoms. The van der Waals surface area contributed by atoms with Gasteiger partial charge in [0.05, 0.1) is 15.8 Å². The van der Waals surface area contributed by atoms with Gasteiger partial charge in [-0.05, 0) is 43.2 Å². The number of nitriles is 1. The van der Waals surface area contributed by atoms with Gasteiger partial charge in [-0.3, -0.25) is 4.68 Å². The van der Waals surface area contributed by atoms with E-state index in [0.717, 1.165) is 37.5 Å². The number of rotatable bonds is 3. The average Bonchev–Trinajstić information content (AvgIpc) is 3.19. The molecular weight excluding hydrogens is 373 g/mol. The van der Waals surface area contributed by atoms with Crippen LogP contribution < -0.4 is 5.32 Å². The number of aromatic nitrogens is 3. The topological polar surface area (TPSA) is 66.5 Å². The van der Waals surface area contributed by atoms with Crippen molar-refractivity contribution < 1.29 is 4.39 Å². The smallest absolute Gasteiger partial charge is 0.166 e. The van der Waals surface area contributed by atoms with Crippen LogP contribution in [0.3, 0.4) is 0 Å². The van der Waals surface area contributed by atoms with Crippen molar-refractivity contribution in [1.29, 1.82) is 5.26 Å². The van der Waals surface area contributed by atoms with E-state index >= 15 is 0 Å². The number of halogens is 1. The normalized spacial score (nSPS) is 10.6. The van der Waals surface area contributed by atoms with Crippen molar-refractivity contribution in [3.8, 4) is 6.07 Å². The highest BCUT2D eigenvalue weighted by Gasteiger charge is 2.18. The van der Waals surface area contributed by atoms with E-state index in [1.807, 2.05) is 38.6 Å². The molecule has 0 radical (unpaired) electrons. The Hall–Kier alpha value is -2.98. The largest absolute Gasteiger partial charge is 0.363 e. The van der Waals surface area contributed by atoms with E-state index in [4.69, 9.17) is 5.26 Å². The zero-order chi connectivity index (χ0) is 20.4. The minimum Gasteiger partial charge on any atom is -0.363 e. The number of thiophene rings is 1. The maximum Gasteiger partial charge on any atom is 0.166 e. The standard InChI is InChI=1S/C19H16FN5S.C2H6/c1-10-6-11(2)23-19-15(10)16-17(26-19)18(24-25(16)3)22-9-12-4-5-13(8-21)14(20)7-12;1-2/h4-7H,9H2,1-3H3,(H,22,24);1-2H3. The fraction of sp³-hybridized carbons (Fsp3) is 0.286. The molecule has 5 nitrogen and oxygen atoms in total. The maximum atomic E-state index is 13.8. The Kier molecular flexibility index (Phi) is 5.61. The van der Waals surface area contributed by atoms with Gasteiger partial charge < -0.3 is 5.32 Å². The number of anilines is 1. The number of pyridine rings is 1. The van der Waals surface area contributed by atoms with Crippen molar-refractivity contribution >= 4 is 37.6 Å². The molecule has 0 amide bonds. The second-order valence-electron chi connectivity index (χ2n) is 6.29. The van der Waals surface area contributed by atoms with Gasteiger partial charge in [0.2, 0.25) is 0 Å². The molecule has 7 heteroatoms. The molecule has 0 aliphatic heterocycles. The lowest BCUT2D eigenvalue weighted by Crippen LogP contribution is -2.02. The van der Waals surface area contributed by atoms with Gasteiger partial charge in [0, 0.05) is 24.7 Å². The summed E-state index contributed by atoms with van der Waals surface area (Å²) in [6, 6.07) is 8.53. The molecule has 0 saturated carbocycles. The van der Waals surface area contributed by atoms with E-state index in [0.29, 0.717) is 6.54 Å². The molecule has 4 aromatic rings. The number of hydrogen-bond acceptors (Lipinski definition) is 5. The summed E-state index contributed by atoms with van der Waals surface area (Å²) in [6.07, 6.45) is 0. The molecule has 0 spiro atoms. The van der Waals surface area contributed by atoms with E-state index < -0.39 is 5.82 Å². The summed E-state index contributed by atoms with van der Waals surface area (Å²) in [5, 5.41) is 17.8. The molecule has 0 saturated heterocycles. The van der Waals surface area contributed by atoms with Crippen LogP contribution >= 0.6 is 11.3 Å². The van der Waals surface area contributed by atoms with Crippen molar-refractivity contribution in [2.75, 3.05) is 5.32 Å². The van der Waals surface area contributed by atoms with Crippen LogP contribution in [0.1, 0.15) is 36.2 Å². The first-order valence-corrected chi connectivity index (χ1v) is 9.95. The van der Waals surface area contributed by atoms with Gasteiger partial charge in [-0.2, -0.15) is 10.4 Å². The van der Waals surface area contributed by atoms with Gasteiger partial charge in [0.15, 0.2) is 5.82 Å². The van der Waals surface area contributed by atoms with Gasteiger partial charge in [-0.25, -0.2) is 9.37 Å². The lowest BCUT2D eigenvalue weighted by Gasteiger charge is -2.04. The third-order valence-electron chi connectivity index (χ3n) is 4.36. The van der Waals surface area contributed by atoms with Gasteiger partial charge in [-0.15, -0.1) is 11.3 Å². The average molecular weight is 396 g/mol. The first-order valence-electron chi connectivity index (χ1n) is 9.13. The molecule has 4 rings (SSSR count). The Labute approximate surface area is 167 Å². The number of benzene rings is 1. The third kappa shape index (κ3) is 3.43. The molecule has 0 fully saturated rings. The van der Waals surface area contributed by atoms with Crippen LogP contribution in [-0.2, 0) is 13.6 Å². The minimum atomic E-state index is -0.505. The molecule has 0 aliphatic rings. The van der Waals surface area contributed by atoms with Crippen LogP contribution in [0, 0.1) is 31.0 Å². The molecule has 0 aliphatic carbocycles. The zero-order valence-electron chi connectivity index (χ0n) is 16.6. The zero-order valence-corrected chi connectivity index (χ0v) is 17.4. The fourth-order valence-electron chi connectivity index (χ4n) is 3.20. The van der Waals surface area contributed by atoms with Gasteiger partial charge >= 0.3 is 0 Å². The lowest BCUT2D eigenvalue weighted by atomic mass is 10.1. The number of nitrogens with one attached hydrogen (secondary N) is 1. The van der Waals surface area contributed by atoms with E-state index in [1.165, 1.54) is 17.7 Å². The summed E-state index contributed by atoms with van der Waals surface area (Å²) in [4.78, 5) is 5.64. The number of fused-ring (bicyclic) bond motifs is 3. The summed E-state index contributed by atoms with van der Waals surface area (Å²) in [6.45, 7) is 8.50. The van der Waals surface area contributed by atoms with Crippen molar-refractivity contribution in [1.82, 2.24) is 14.8 Å². The highest BCUT2D eigenvalue weighted by Crippen LogP contribution is 2.38. The van der Waals surface area contributed by atoms with Gasteiger partial charge in [-0.1, -0.05) is 19.9 Å². The highest BCUT2D eigenvalue weighted by atomic mass is 32.1. The molecule has 144 valence electrons. The van der Waals surface area contributed by atoms with Gasteiger partial charge in [0.25, 0.3) is 0 Å². The third-order valence-corrected chi connectivity index (χ3v) is 5.44. The first kappa shape index (κ1) is 19.8. The maximum absolute atomic E-state index is 13.8.